The third-order valence-corrected chi connectivity index (χ3v) is 2.91. The van der Waals surface area contributed by atoms with Crippen LogP contribution in [0.15, 0.2) is 42.5 Å². The zero-order valence-electron chi connectivity index (χ0n) is 10.3. The molecule has 0 aliphatic carbocycles. The molecule has 98 valence electrons. The van der Waals surface area contributed by atoms with E-state index in [4.69, 9.17) is 16.3 Å². The van der Waals surface area contributed by atoms with E-state index in [-0.39, 0.29) is 5.69 Å². The number of nitro benzene ring substituents is 1. The second kappa shape index (κ2) is 5.71. The summed E-state index contributed by atoms with van der Waals surface area (Å²) < 4.78 is 5.65. The van der Waals surface area contributed by atoms with Crippen LogP contribution in [0.25, 0.3) is 0 Å². The van der Waals surface area contributed by atoms with Gasteiger partial charge in [0.1, 0.15) is 12.4 Å². The molecule has 4 nitrogen and oxygen atoms in total. The van der Waals surface area contributed by atoms with Crippen LogP contribution >= 0.6 is 11.6 Å². The molecule has 0 amide bonds. The average molecular weight is 278 g/mol. The SMILES string of the molecule is Cc1cc(Cl)ccc1OCc1ccc([N+](=O)[O-])cc1. The largest absolute Gasteiger partial charge is 0.489 e. The number of hydrogen-bond donors (Lipinski definition) is 0. The maximum Gasteiger partial charge on any atom is 0.269 e. The van der Waals surface area contributed by atoms with E-state index in [0.29, 0.717) is 11.6 Å². The molecule has 2 aromatic rings. The van der Waals surface area contributed by atoms with Crippen LogP contribution in [0.1, 0.15) is 11.1 Å². The first-order valence-corrected chi connectivity index (χ1v) is 6.06. The Labute approximate surface area is 115 Å². The molecule has 5 heteroatoms. The first-order valence-electron chi connectivity index (χ1n) is 5.68. The van der Waals surface area contributed by atoms with Crippen molar-refractivity contribution in [1.29, 1.82) is 0 Å². The number of benzene rings is 2. The predicted octanol–water partition coefficient (Wildman–Crippen LogP) is 4.14. The number of hydrogen-bond acceptors (Lipinski definition) is 3. The molecule has 0 aromatic heterocycles. The fraction of sp³-hybridized carbons (Fsp3) is 0.143. The van der Waals surface area contributed by atoms with E-state index < -0.39 is 4.92 Å². The second-order valence-electron chi connectivity index (χ2n) is 4.12. The lowest BCUT2D eigenvalue weighted by atomic mass is 10.2. The molecule has 19 heavy (non-hydrogen) atoms. The van der Waals surface area contributed by atoms with Crippen molar-refractivity contribution in [3.05, 3.63) is 68.7 Å². The van der Waals surface area contributed by atoms with Crippen LogP contribution in [0.4, 0.5) is 5.69 Å². The molecule has 0 radical (unpaired) electrons. The van der Waals surface area contributed by atoms with E-state index in [1.165, 1.54) is 12.1 Å². The molecule has 0 aliphatic rings. The Morgan fingerprint density at radius 2 is 1.89 bits per heavy atom. The Bertz CT molecular complexity index is 596. The van der Waals surface area contributed by atoms with Crippen molar-refractivity contribution in [2.45, 2.75) is 13.5 Å². The van der Waals surface area contributed by atoms with Gasteiger partial charge in [0.25, 0.3) is 5.69 Å². The van der Waals surface area contributed by atoms with Gasteiger partial charge in [0, 0.05) is 17.2 Å². The Balaban J connectivity index is 2.04. The van der Waals surface area contributed by atoms with Gasteiger partial charge in [-0.15, -0.1) is 0 Å². The highest BCUT2D eigenvalue weighted by Gasteiger charge is 2.05. The van der Waals surface area contributed by atoms with Crippen LogP contribution < -0.4 is 4.74 Å². The van der Waals surface area contributed by atoms with Gasteiger partial charge in [0.2, 0.25) is 0 Å². The standard InChI is InChI=1S/C14H12ClNO3/c1-10-8-12(15)4-7-14(10)19-9-11-2-5-13(6-3-11)16(17)18/h2-8H,9H2,1H3. The fourth-order valence-electron chi connectivity index (χ4n) is 1.65. The first kappa shape index (κ1) is 13.4. The zero-order valence-corrected chi connectivity index (χ0v) is 11.1. The quantitative estimate of drug-likeness (QED) is 0.623. The van der Waals surface area contributed by atoms with Gasteiger partial charge in [-0.2, -0.15) is 0 Å². The Kier molecular flexibility index (Phi) is 4.02. The topological polar surface area (TPSA) is 52.4 Å². The number of rotatable bonds is 4. The van der Waals surface area contributed by atoms with E-state index in [0.717, 1.165) is 16.9 Å². The molecule has 0 aliphatic heterocycles. The summed E-state index contributed by atoms with van der Waals surface area (Å²) in [4.78, 5) is 10.1. The van der Waals surface area contributed by atoms with Crippen molar-refractivity contribution < 1.29 is 9.66 Å². The Hall–Kier alpha value is -2.07. The molecule has 2 aromatic carbocycles. The summed E-state index contributed by atoms with van der Waals surface area (Å²) >= 11 is 5.86. The summed E-state index contributed by atoms with van der Waals surface area (Å²) in [7, 11) is 0. The molecule has 2 rings (SSSR count). The van der Waals surface area contributed by atoms with Crippen molar-refractivity contribution >= 4 is 17.3 Å². The summed E-state index contributed by atoms with van der Waals surface area (Å²) in [6.07, 6.45) is 0. The van der Waals surface area contributed by atoms with Gasteiger partial charge in [0.15, 0.2) is 0 Å². The number of nitro groups is 1. The molecule has 0 saturated heterocycles. The molecule has 0 fully saturated rings. The van der Waals surface area contributed by atoms with E-state index in [2.05, 4.69) is 0 Å². The Morgan fingerprint density at radius 1 is 1.21 bits per heavy atom. The lowest BCUT2D eigenvalue weighted by Crippen LogP contribution is -1.97. The Morgan fingerprint density at radius 3 is 2.47 bits per heavy atom. The fourth-order valence-corrected chi connectivity index (χ4v) is 1.88. The molecule has 0 heterocycles. The molecule has 0 N–H and O–H groups in total. The van der Waals surface area contributed by atoms with Gasteiger partial charge in [-0.05, 0) is 48.4 Å². The number of nitrogens with zero attached hydrogens (tertiary/aromatic N) is 1. The number of non-ortho nitro benzene ring substituents is 1. The summed E-state index contributed by atoms with van der Waals surface area (Å²) in [5.41, 5.74) is 1.90. The van der Waals surface area contributed by atoms with Gasteiger partial charge < -0.3 is 4.74 Å². The van der Waals surface area contributed by atoms with Crippen LogP contribution in [0, 0.1) is 17.0 Å². The van der Waals surface area contributed by atoms with E-state index in [1.807, 2.05) is 19.1 Å². The number of halogens is 1. The van der Waals surface area contributed by atoms with Crippen LogP contribution in [-0.4, -0.2) is 4.92 Å². The van der Waals surface area contributed by atoms with Crippen LogP contribution in [0.3, 0.4) is 0 Å². The molecular formula is C14H12ClNO3. The van der Waals surface area contributed by atoms with Crippen LogP contribution in [0.2, 0.25) is 5.02 Å². The lowest BCUT2D eigenvalue weighted by molar-refractivity contribution is -0.384. The minimum Gasteiger partial charge on any atom is -0.489 e. The summed E-state index contributed by atoms with van der Waals surface area (Å²) in [6, 6.07) is 11.7. The zero-order chi connectivity index (χ0) is 13.8. The van der Waals surface area contributed by atoms with Crippen molar-refractivity contribution in [3.8, 4) is 5.75 Å². The highest BCUT2D eigenvalue weighted by atomic mass is 35.5. The van der Waals surface area contributed by atoms with Gasteiger partial charge >= 0.3 is 0 Å². The molecule has 0 bridgehead atoms. The van der Waals surface area contributed by atoms with Crippen LogP contribution in [-0.2, 0) is 6.61 Å². The average Bonchev–Trinajstić information content (AvgIpc) is 2.38. The van der Waals surface area contributed by atoms with Gasteiger partial charge in [-0.1, -0.05) is 11.6 Å². The highest BCUT2D eigenvalue weighted by Crippen LogP contribution is 2.23. The van der Waals surface area contributed by atoms with Gasteiger partial charge in [0.05, 0.1) is 4.92 Å². The minimum absolute atomic E-state index is 0.0754. The second-order valence-corrected chi connectivity index (χ2v) is 4.56. The van der Waals surface area contributed by atoms with E-state index >= 15 is 0 Å². The molecule has 0 unspecified atom stereocenters. The monoisotopic (exact) mass is 277 g/mol. The first-order chi connectivity index (χ1) is 9.06. The smallest absolute Gasteiger partial charge is 0.269 e. The lowest BCUT2D eigenvalue weighted by Gasteiger charge is -2.09. The van der Waals surface area contributed by atoms with E-state index in [9.17, 15) is 10.1 Å². The predicted molar refractivity (Wildman–Crippen MR) is 73.6 cm³/mol. The van der Waals surface area contributed by atoms with Crippen molar-refractivity contribution in [1.82, 2.24) is 0 Å². The van der Waals surface area contributed by atoms with Crippen molar-refractivity contribution in [2.24, 2.45) is 0 Å². The normalized spacial score (nSPS) is 10.2. The molecular weight excluding hydrogens is 266 g/mol. The number of ether oxygens (including phenoxy) is 1. The van der Waals surface area contributed by atoms with Crippen LogP contribution in [0.5, 0.6) is 5.75 Å². The van der Waals surface area contributed by atoms with Crippen molar-refractivity contribution in [2.75, 3.05) is 0 Å². The van der Waals surface area contributed by atoms with Gasteiger partial charge in [-0.25, -0.2) is 0 Å². The molecule has 0 saturated carbocycles. The maximum atomic E-state index is 10.5. The summed E-state index contributed by atoms with van der Waals surface area (Å²) in [5.74, 6) is 0.753. The number of aryl methyl sites for hydroxylation is 1. The van der Waals surface area contributed by atoms with Crippen molar-refractivity contribution in [3.63, 3.8) is 0 Å². The maximum absolute atomic E-state index is 10.5. The summed E-state index contributed by atoms with van der Waals surface area (Å²) in [6.45, 7) is 2.28. The molecule has 0 spiro atoms. The third-order valence-electron chi connectivity index (χ3n) is 2.68. The highest BCUT2D eigenvalue weighted by molar-refractivity contribution is 6.30. The minimum atomic E-state index is -0.423. The molecule has 0 atom stereocenters. The third kappa shape index (κ3) is 3.45. The van der Waals surface area contributed by atoms with E-state index in [1.54, 1.807) is 18.2 Å². The summed E-state index contributed by atoms with van der Waals surface area (Å²) in [5, 5.41) is 11.2. The van der Waals surface area contributed by atoms with Gasteiger partial charge in [-0.3, -0.25) is 10.1 Å².